The van der Waals surface area contributed by atoms with Gasteiger partial charge in [0, 0.05) is 25.2 Å². The fourth-order valence-electron chi connectivity index (χ4n) is 2.65. The second-order valence-electron chi connectivity index (χ2n) is 4.60. The molecule has 1 aromatic heterocycles. The number of nitrogens with zero attached hydrogens (tertiary/aromatic N) is 2. The van der Waals surface area contributed by atoms with Crippen LogP contribution in [0.4, 0.5) is 0 Å². The van der Waals surface area contributed by atoms with Gasteiger partial charge in [-0.25, -0.2) is 0 Å². The summed E-state index contributed by atoms with van der Waals surface area (Å²) in [6.45, 7) is 3.56. The zero-order chi connectivity index (χ0) is 11.1. The summed E-state index contributed by atoms with van der Waals surface area (Å²) in [6, 6.07) is 0.957. The first kappa shape index (κ1) is 9.84. The van der Waals surface area contributed by atoms with E-state index in [1.165, 1.54) is 6.26 Å². The molecule has 2 bridgehead atoms. The Bertz CT molecular complexity index is 415. The van der Waals surface area contributed by atoms with Crippen molar-refractivity contribution >= 4 is 5.91 Å². The van der Waals surface area contributed by atoms with Gasteiger partial charge in [0.05, 0.1) is 5.69 Å². The fourth-order valence-corrected chi connectivity index (χ4v) is 2.65. The Morgan fingerprint density at radius 3 is 3.31 bits per heavy atom. The van der Waals surface area contributed by atoms with Crippen LogP contribution < -0.4 is 5.32 Å². The average molecular weight is 221 g/mol. The highest BCUT2D eigenvalue weighted by Gasteiger charge is 2.37. The van der Waals surface area contributed by atoms with Crippen molar-refractivity contribution in [3.8, 4) is 0 Å². The van der Waals surface area contributed by atoms with Gasteiger partial charge >= 0.3 is 0 Å². The van der Waals surface area contributed by atoms with Gasteiger partial charge in [0.1, 0.15) is 11.8 Å². The lowest BCUT2D eigenvalue weighted by molar-refractivity contribution is 0.0656. The summed E-state index contributed by atoms with van der Waals surface area (Å²) < 4.78 is 4.82. The minimum absolute atomic E-state index is 0.0610. The smallest absolute Gasteiger partial charge is 0.259 e. The topological polar surface area (TPSA) is 58.4 Å². The van der Waals surface area contributed by atoms with E-state index < -0.39 is 0 Å². The molecule has 2 unspecified atom stereocenters. The lowest BCUT2D eigenvalue weighted by Crippen LogP contribution is -2.44. The van der Waals surface area contributed by atoms with Crippen molar-refractivity contribution in [1.82, 2.24) is 15.4 Å². The van der Waals surface area contributed by atoms with Gasteiger partial charge in [0.15, 0.2) is 0 Å². The quantitative estimate of drug-likeness (QED) is 0.752. The Hall–Kier alpha value is -1.36. The highest BCUT2D eigenvalue weighted by molar-refractivity contribution is 5.95. The van der Waals surface area contributed by atoms with E-state index in [-0.39, 0.29) is 5.91 Å². The molecule has 16 heavy (non-hydrogen) atoms. The molecule has 2 atom stereocenters. The van der Waals surface area contributed by atoms with Gasteiger partial charge in [0.25, 0.3) is 5.91 Å². The van der Waals surface area contributed by atoms with Crippen LogP contribution in [-0.4, -0.2) is 41.1 Å². The zero-order valence-electron chi connectivity index (χ0n) is 9.27. The van der Waals surface area contributed by atoms with E-state index in [1.807, 2.05) is 4.90 Å². The number of nitrogens with one attached hydrogen (secondary N) is 1. The van der Waals surface area contributed by atoms with Crippen molar-refractivity contribution in [3.63, 3.8) is 0 Å². The summed E-state index contributed by atoms with van der Waals surface area (Å²) in [5.41, 5.74) is 1.28. The van der Waals surface area contributed by atoms with E-state index >= 15 is 0 Å². The maximum atomic E-state index is 12.3. The van der Waals surface area contributed by atoms with E-state index in [2.05, 4.69) is 10.5 Å². The molecule has 5 nitrogen and oxygen atoms in total. The molecular weight excluding hydrogens is 206 g/mol. The number of aromatic nitrogens is 1. The molecule has 0 radical (unpaired) electrons. The van der Waals surface area contributed by atoms with Crippen LogP contribution in [0.2, 0.25) is 0 Å². The molecule has 1 amide bonds. The summed E-state index contributed by atoms with van der Waals surface area (Å²) in [5, 5.41) is 7.19. The molecule has 86 valence electrons. The maximum Gasteiger partial charge on any atom is 0.259 e. The van der Waals surface area contributed by atoms with Crippen molar-refractivity contribution < 1.29 is 9.32 Å². The van der Waals surface area contributed by atoms with Gasteiger partial charge < -0.3 is 14.7 Å². The van der Waals surface area contributed by atoms with Gasteiger partial charge in [-0.3, -0.25) is 4.79 Å². The van der Waals surface area contributed by atoms with Crippen LogP contribution >= 0.6 is 0 Å². The lowest BCUT2D eigenvalue weighted by Gasteiger charge is -2.32. The number of aryl methyl sites for hydroxylation is 1. The molecule has 1 N–H and O–H groups in total. The number of carbonyl (C=O) groups excluding carboxylic acids is 1. The summed E-state index contributed by atoms with van der Waals surface area (Å²) in [7, 11) is 0. The molecule has 0 saturated carbocycles. The molecule has 3 heterocycles. The number of rotatable bonds is 1. The molecule has 2 saturated heterocycles. The maximum absolute atomic E-state index is 12.3. The summed E-state index contributed by atoms with van der Waals surface area (Å²) in [4.78, 5) is 14.2. The summed E-state index contributed by atoms with van der Waals surface area (Å²) >= 11 is 0. The second kappa shape index (κ2) is 3.59. The minimum Gasteiger partial charge on any atom is -0.364 e. The molecule has 5 heteroatoms. The van der Waals surface area contributed by atoms with Crippen molar-refractivity contribution in [3.05, 3.63) is 17.5 Å². The third-order valence-corrected chi connectivity index (χ3v) is 3.60. The lowest BCUT2D eigenvalue weighted by atomic mass is 10.0. The van der Waals surface area contributed by atoms with Crippen molar-refractivity contribution in [2.45, 2.75) is 31.8 Å². The molecular formula is C11H15N3O2. The minimum atomic E-state index is 0.0610. The standard InChI is InChI=1S/C11H15N3O2/c1-7-10(6-16-13-7)11(15)14-3-2-8-4-9(14)5-12-8/h6,8-9,12H,2-5H2,1H3. The Morgan fingerprint density at radius 1 is 1.69 bits per heavy atom. The van der Waals surface area contributed by atoms with Crippen LogP contribution in [0.25, 0.3) is 0 Å². The Morgan fingerprint density at radius 2 is 2.56 bits per heavy atom. The van der Waals surface area contributed by atoms with Gasteiger partial charge in [-0.1, -0.05) is 5.16 Å². The Labute approximate surface area is 93.8 Å². The normalized spacial score (nSPS) is 28.4. The third kappa shape index (κ3) is 1.43. The number of fused-ring (bicyclic) bond motifs is 2. The van der Waals surface area contributed by atoms with Crippen LogP contribution in [0.1, 0.15) is 28.9 Å². The van der Waals surface area contributed by atoms with Gasteiger partial charge in [-0.05, 0) is 19.8 Å². The van der Waals surface area contributed by atoms with Crippen LogP contribution in [0.5, 0.6) is 0 Å². The largest absolute Gasteiger partial charge is 0.364 e. The number of likely N-dealkylation sites (tertiary alicyclic amines) is 1. The van der Waals surface area contributed by atoms with Gasteiger partial charge in [-0.15, -0.1) is 0 Å². The first-order chi connectivity index (χ1) is 7.75. The zero-order valence-corrected chi connectivity index (χ0v) is 9.27. The number of piperidine rings is 1. The molecule has 1 aromatic rings. The number of hydrogen-bond donors (Lipinski definition) is 1. The molecule has 0 spiro atoms. The molecule has 2 aliphatic heterocycles. The van der Waals surface area contributed by atoms with Crippen molar-refractivity contribution in [1.29, 1.82) is 0 Å². The molecule has 0 aromatic carbocycles. The van der Waals surface area contributed by atoms with E-state index in [4.69, 9.17) is 4.52 Å². The van der Waals surface area contributed by atoms with Crippen LogP contribution in [-0.2, 0) is 0 Å². The van der Waals surface area contributed by atoms with Gasteiger partial charge in [0.2, 0.25) is 0 Å². The highest BCUT2D eigenvalue weighted by atomic mass is 16.5. The molecule has 2 fully saturated rings. The number of carbonyl (C=O) groups is 1. The van der Waals surface area contributed by atoms with E-state index in [0.717, 1.165) is 25.9 Å². The van der Waals surface area contributed by atoms with Crippen LogP contribution in [0.15, 0.2) is 10.8 Å². The van der Waals surface area contributed by atoms with Crippen LogP contribution in [0.3, 0.4) is 0 Å². The first-order valence-electron chi connectivity index (χ1n) is 5.71. The monoisotopic (exact) mass is 221 g/mol. The third-order valence-electron chi connectivity index (χ3n) is 3.60. The number of hydrogen-bond acceptors (Lipinski definition) is 4. The fraction of sp³-hybridized carbons (Fsp3) is 0.636. The molecule has 0 aliphatic carbocycles. The predicted octanol–water partition coefficient (Wildman–Crippen LogP) is 0.559. The van der Waals surface area contributed by atoms with Crippen molar-refractivity contribution in [2.24, 2.45) is 0 Å². The second-order valence-corrected chi connectivity index (χ2v) is 4.60. The highest BCUT2D eigenvalue weighted by Crippen LogP contribution is 2.24. The summed E-state index contributed by atoms with van der Waals surface area (Å²) in [5.74, 6) is 0.0610. The number of amides is 1. The SMILES string of the molecule is Cc1nocc1C(=O)N1CCC2CC1CN2. The van der Waals surface area contributed by atoms with E-state index in [9.17, 15) is 4.79 Å². The summed E-state index contributed by atoms with van der Waals surface area (Å²) in [6.07, 6.45) is 3.58. The molecule has 2 aliphatic rings. The molecule has 3 rings (SSSR count). The Balaban J connectivity index is 1.83. The predicted molar refractivity (Wildman–Crippen MR) is 57.1 cm³/mol. The van der Waals surface area contributed by atoms with Crippen LogP contribution in [0, 0.1) is 6.92 Å². The van der Waals surface area contributed by atoms with Crippen molar-refractivity contribution in [2.75, 3.05) is 13.1 Å². The average Bonchev–Trinajstić information content (AvgIpc) is 2.86. The Kier molecular flexibility index (Phi) is 2.21. The van der Waals surface area contributed by atoms with Gasteiger partial charge in [-0.2, -0.15) is 0 Å². The van der Waals surface area contributed by atoms with E-state index in [1.54, 1.807) is 6.92 Å². The van der Waals surface area contributed by atoms with E-state index in [0.29, 0.717) is 23.3 Å². The first-order valence-corrected chi connectivity index (χ1v) is 5.71.